The number of likely N-dealkylation sites (tertiary alicyclic amines) is 1. The smallest absolute Gasteiger partial charge is 0.274 e. The van der Waals surface area contributed by atoms with Gasteiger partial charge in [0.1, 0.15) is 5.69 Å². The summed E-state index contributed by atoms with van der Waals surface area (Å²) < 4.78 is 1.68. The monoisotopic (exact) mass is 334 g/mol. The Balaban J connectivity index is 1.50. The topological polar surface area (TPSA) is 51.0 Å². The second-order valence-electron chi connectivity index (χ2n) is 6.86. The van der Waals surface area contributed by atoms with E-state index in [1.54, 1.807) is 10.7 Å². The van der Waals surface area contributed by atoms with Crippen molar-refractivity contribution in [2.24, 2.45) is 13.0 Å². The molecule has 3 aromatic rings. The Kier molecular flexibility index (Phi) is 4.22. The first kappa shape index (κ1) is 15.8. The third-order valence-corrected chi connectivity index (χ3v) is 5.00. The molecule has 0 radical (unpaired) electrons. The number of aromatic nitrogens is 3. The van der Waals surface area contributed by atoms with Crippen LogP contribution in [0, 0.1) is 5.92 Å². The van der Waals surface area contributed by atoms with Crippen molar-refractivity contribution in [3.8, 4) is 0 Å². The zero-order chi connectivity index (χ0) is 17.2. The molecule has 0 spiro atoms. The number of rotatable bonds is 3. The van der Waals surface area contributed by atoms with Gasteiger partial charge in [0, 0.05) is 44.1 Å². The van der Waals surface area contributed by atoms with Crippen molar-refractivity contribution in [2.45, 2.75) is 19.3 Å². The SMILES string of the molecule is Cn1ccc(C(=O)N2CCC[C@@H](Cc3cncc4ccccc34)C2)n1. The number of amides is 1. The van der Waals surface area contributed by atoms with Crippen molar-refractivity contribution in [2.75, 3.05) is 13.1 Å². The molecule has 1 aliphatic heterocycles. The van der Waals surface area contributed by atoms with Gasteiger partial charge in [0.05, 0.1) is 0 Å². The predicted molar refractivity (Wildman–Crippen MR) is 97.3 cm³/mol. The van der Waals surface area contributed by atoms with Crippen LogP contribution in [0.5, 0.6) is 0 Å². The molecule has 0 aliphatic carbocycles. The Morgan fingerprint density at radius 3 is 2.96 bits per heavy atom. The first-order chi connectivity index (χ1) is 12.2. The minimum absolute atomic E-state index is 0.0429. The quantitative estimate of drug-likeness (QED) is 0.740. The Morgan fingerprint density at radius 1 is 1.24 bits per heavy atom. The van der Waals surface area contributed by atoms with Crippen molar-refractivity contribution in [1.29, 1.82) is 0 Å². The zero-order valence-electron chi connectivity index (χ0n) is 14.4. The molecule has 5 nitrogen and oxygen atoms in total. The van der Waals surface area contributed by atoms with Crippen LogP contribution in [0.3, 0.4) is 0 Å². The number of aryl methyl sites for hydroxylation is 1. The van der Waals surface area contributed by atoms with Crippen LogP contribution in [0.4, 0.5) is 0 Å². The molecular formula is C20H22N4O. The molecule has 0 N–H and O–H groups in total. The lowest BCUT2D eigenvalue weighted by Crippen LogP contribution is -2.40. The number of carbonyl (C=O) groups is 1. The fourth-order valence-electron chi connectivity index (χ4n) is 3.76. The standard InChI is InChI=1S/C20H22N4O/c1-23-10-8-19(22-23)20(25)24-9-4-5-15(14-24)11-17-13-21-12-16-6-2-3-7-18(16)17/h2-3,6-8,10,12-13,15H,4-5,9,11,14H2,1H3/t15-/m0/s1. The van der Waals surface area contributed by atoms with E-state index in [-0.39, 0.29) is 5.91 Å². The number of piperidine rings is 1. The van der Waals surface area contributed by atoms with E-state index in [1.165, 1.54) is 16.3 Å². The highest BCUT2D eigenvalue weighted by Gasteiger charge is 2.26. The molecule has 1 aromatic carbocycles. The van der Waals surface area contributed by atoms with Crippen molar-refractivity contribution in [1.82, 2.24) is 19.7 Å². The van der Waals surface area contributed by atoms with E-state index in [2.05, 4.69) is 28.3 Å². The van der Waals surface area contributed by atoms with E-state index < -0.39 is 0 Å². The van der Waals surface area contributed by atoms with Crippen LogP contribution < -0.4 is 0 Å². The number of benzene rings is 1. The van der Waals surface area contributed by atoms with Crippen LogP contribution in [0.1, 0.15) is 28.9 Å². The van der Waals surface area contributed by atoms with E-state index >= 15 is 0 Å². The van der Waals surface area contributed by atoms with E-state index in [1.807, 2.05) is 36.6 Å². The van der Waals surface area contributed by atoms with Gasteiger partial charge in [-0.3, -0.25) is 14.5 Å². The highest BCUT2D eigenvalue weighted by molar-refractivity contribution is 5.92. The molecule has 128 valence electrons. The minimum atomic E-state index is 0.0429. The third-order valence-electron chi connectivity index (χ3n) is 5.00. The van der Waals surface area contributed by atoms with E-state index in [9.17, 15) is 4.79 Å². The molecule has 25 heavy (non-hydrogen) atoms. The fraction of sp³-hybridized carbons (Fsp3) is 0.350. The number of pyridine rings is 1. The molecule has 1 fully saturated rings. The van der Waals surface area contributed by atoms with Crippen molar-refractivity contribution in [3.63, 3.8) is 0 Å². The maximum atomic E-state index is 12.7. The molecule has 1 amide bonds. The van der Waals surface area contributed by atoms with Crippen LogP contribution in [0.2, 0.25) is 0 Å². The largest absolute Gasteiger partial charge is 0.337 e. The number of nitrogens with zero attached hydrogens (tertiary/aromatic N) is 4. The average Bonchev–Trinajstić information content (AvgIpc) is 3.08. The van der Waals surface area contributed by atoms with Gasteiger partial charge >= 0.3 is 0 Å². The Bertz CT molecular complexity index is 896. The highest BCUT2D eigenvalue weighted by atomic mass is 16.2. The molecular weight excluding hydrogens is 312 g/mol. The van der Waals surface area contributed by atoms with E-state index in [0.29, 0.717) is 11.6 Å². The van der Waals surface area contributed by atoms with Crippen molar-refractivity contribution < 1.29 is 4.79 Å². The molecule has 5 heteroatoms. The van der Waals surface area contributed by atoms with Gasteiger partial charge in [-0.2, -0.15) is 5.10 Å². The maximum Gasteiger partial charge on any atom is 0.274 e. The summed E-state index contributed by atoms with van der Waals surface area (Å²) in [6, 6.07) is 10.2. The number of fused-ring (bicyclic) bond motifs is 1. The highest BCUT2D eigenvalue weighted by Crippen LogP contribution is 2.25. The second-order valence-corrected chi connectivity index (χ2v) is 6.86. The molecule has 0 bridgehead atoms. The summed E-state index contributed by atoms with van der Waals surface area (Å²) in [7, 11) is 1.84. The first-order valence-electron chi connectivity index (χ1n) is 8.81. The Hall–Kier alpha value is -2.69. The summed E-state index contributed by atoms with van der Waals surface area (Å²) in [4.78, 5) is 19.0. The summed E-state index contributed by atoms with van der Waals surface area (Å²) in [6.07, 6.45) is 8.85. The van der Waals surface area contributed by atoms with Gasteiger partial charge in [0.25, 0.3) is 5.91 Å². The molecule has 1 aliphatic rings. The van der Waals surface area contributed by atoms with Gasteiger partial charge in [-0.15, -0.1) is 0 Å². The van der Waals surface area contributed by atoms with Crippen LogP contribution in [0.25, 0.3) is 10.8 Å². The van der Waals surface area contributed by atoms with E-state index in [0.717, 1.165) is 32.4 Å². The number of carbonyl (C=O) groups excluding carboxylic acids is 1. The Labute approximate surface area is 147 Å². The summed E-state index contributed by atoms with van der Waals surface area (Å²) >= 11 is 0. The molecule has 0 unspecified atom stereocenters. The maximum absolute atomic E-state index is 12.7. The lowest BCUT2D eigenvalue weighted by molar-refractivity contribution is 0.0666. The van der Waals surface area contributed by atoms with Gasteiger partial charge in [-0.25, -0.2) is 0 Å². The second kappa shape index (κ2) is 6.67. The lowest BCUT2D eigenvalue weighted by atomic mass is 9.90. The van der Waals surface area contributed by atoms with Crippen molar-refractivity contribution >= 4 is 16.7 Å². The first-order valence-corrected chi connectivity index (χ1v) is 8.81. The Morgan fingerprint density at radius 2 is 2.12 bits per heavy atom. The third kappa shape index (κ3) is 3.27. The lowest BCUT2D eigenvalue weighted by Gasteiger charge is -2.32. The molecule has 4 rings (SSSR count). The predicted octanol–water partition coefficient (Wildman–Crippen LogP) is 3.06. The average molecular weight is 334 g/mol. The van der Waals surface area contributed by atoms with Crippen LogP contribution in [0.15, 0.2) is 48.9 Å². The van der Waals surface area contributed by atoms with Crippen LogP contribution in [-0.2, 0) is 13.5 Å². The minimum Gasteiger partial charge on any atom is -0.337 e. The van der Waals surface area contributed by atoms with Crippen molar-refractivity contribution in [3.05, 3.63) is 60.2 Å². The summed E-state index contributed by atoms with van der Waals surface area (Å²) in [5, 5.41) is 6.70. The summed E-state index contributed by atoms with van der Waals surface area (Å²) in [6.45, 7) is 1.61. The fourth-order valence-corrected chi connectivity index (χ4v) is 3.76. The van der Waals surface area contributed by atoms with Gasteiger partial charge in [-0.1, -0.05) is 24.3 Å². The summed E-state index contributed by atoms with van der Waals surface area (Å²) in [5.41, 5.74) is 1.81. The molecule has 1 atom stereocenters. The number of hydrogen-bond donors (Lipinski definition) is 0. The van der Waals surface area contributed by atoms with Crippen LogP contribution in [-0.4, -0.2) is 38.7 Å². The number of hydrogen-bond acceptors (Lipinski definition) is 3. The van der Waals surface area contributed by atoms with E-state index in [4.69, 9.17) is 0 Å². The molecule has 2 aromatic heterocycles. The van der Waals surface area contributed by atoms with Gasteiger partial charge < -0.3 is 4.90 Å². The molecule has 3 heterocycles. The zero-order valence-corrected chi connectivity index (χ0v) is 14.4. The van der Waals surface area contributed by atoms with Gasteiger partial charge in [0.2, 0.25) is 0 Å². The van der Waals surface area contributed by atoms with Gasteiger partial charge in [-0.05, 0) is 42.2 Å². The molecule has 1 saturated heterocycles. The van der Waals surface area contributed by atoms with Crippen LogP contribution >= 0.6 is 0 Å². The summed E-state index contributed by atoms with van der Waals surface area (Å²) in [5.74, 6) is 0.510. The normalized spacial score (nSPS) is 17.8. The molecule has 0 saturated carbocycles. The van der Waals surface area contributed by atoms with Gasteiger partial charge in [0.15, 0.2) is 0 Å².